The maximum Gasteiger partial charge on any atom is 0.126 e. The zero-order valence-corrected chi connectivity index (χ0v) is 10.0. The molecule has 0 saturated carbocycles. The molecule has 1 aromatic rings. The zero-order chi connectivity index (χ0) is 10.3. The Bertz CT molecular complexity index is 351. The molecule has 14 heavy (non-hydrogen) atoms. The second-order valence-corrected chi connectivity index (χ2v) is 5.75. The number of aliphatic hydroxyl groups is 1. The van der Waals surface area contributed by atoms with Gasteiger partial charge in [0, 0.05) is 16.3 Å². The molecule has 2 rings (SSSR count). The van der Waals surface area contributed by atoms with Crippen molar-refractivity contribution in [3.05, 3.63) is 35.1 Å². The second-order valence-electron chi connectivity index (χ2n) is 3.78. The quantitative estimate of drug-likeness (QED) is 0.625. The number of benzene rings is 1. The molecule has 0 fully saturated rings. The Balaban J connectivity index is 2.47. The second kappa shape index (κ2) is 3.77. The Morgan fingerprint density at radius 2 is 2.29 bits per heavy atom. The third-order valence-electron chi connectivity index (χ3n) is 2.84. The molecule has 0 aliphatic heterocycles. The van der Waals surface area contributed by atoms with Crippen molar-refractivity contribution in [2.24, 2.45) is 0 Å². The molecule has 1 unspecified atom stereocenters. The van der Waals surface area contributed by atoms with Gasteiger partial charge in [-0.25, -0.2) is 4.39 Å². The lowest BCUT2D eigenvalue weighted by molar-refractivity contribution is 0.157. The molecule has 1 aliphatic carbocycles. The highest BCUT2D eigenvalue weighted by molar-refractivity contribution is 14.1. The summed E-state index contributed by atoms with van der Waals surface area (Å²) in [6, 6.07) is 5.11. The van der Waals surface area contributed by atoms with Crippen LogP contribution in [0, 0.1) is 5.82 Å². The molecule has 0 saturated heterocycles. The SMILES string of the molecule is C[C@@H](I)C1c2cccc(F)c2C[C@H]1O. The highest BCUT2D eigenvalue weighted by Crippen LogP contribution is 2.39. The summed E-state index contributed by atoms with van der Waals surface area (Å²) in [6.07, 6.45) is 0.0359. The van der Waals surface area contributed by atoms with Gasteiger partial charge in [-0.15, -0.1) is 0 Å². The standard InChI is InChI=1S/C11H12FIO/c1-6(13)11-7-3-2-4-9(12)8(7)5-10(11)14/h2-4,6,10-11,14H,5H2,1H3/t6-,10-,11?/m1/s1. The molecule has 3 heteroatoms. The summed E-state index contributed by atoms with van der Waals surface area (Å²) < 4.78 is 13.7. The van der Waals surface area contributed by atoms with Crippen molar-refractivity contribution in [2.45, 2.75) is 29.3 Å². The molecule has 1 aromatic carbocycles. The minimum atomic E-state index is -0.422. The van der Waals surface area contributed by atoms with Gasteiger partial charge in [0.25, 0.3) is 0 Å². The van der Waals surface area contributed by atoms with E-state index >= 15 is 0 Å². The number of hydrogen-bond donors (Lipinski definition) is 1. The van der Waals surface area contributed by atoms with Crippen molar-refractivity contribution in [3.8, 4) is 0 Å². The van der Waals surface area contributed by atoms with Crippen LogP contribution in [0.25, 0.3) is 0 Å². The minimum Gasteiger partial charge on any atom is -0.392 e. The summed E-state index contributed by atoms with van der Waals surface area (Å²) in [5.41, 5.74) is 1.69. The van der Waals surface area contributed by atoms with Crippen LogP contribution in [0.1, 0.15) is 24.0 Å². The number of fused-ring (bicyclic) bond motifs is 1. The van der Waals surface area contributed by atoms with Gasteiger partial charge in [0.15, 0.2) is 0 Å². The Morgan fingerprint density at radius 3 is 2.93 bits per heavy atom. The first-order valence-corrected chi connectivity index (χ1v) is 5.95. The molecule has 1 nitrogen and oxygen atoms in total. The lowest BCUT2D eigenvalue weighted by atomic mass is 9.97. The number of alkyl halides is 1. The van der Waals surface area contributed by atoms with E-state index in [0.29, 0.717) is 15.9 Å². The molecule has 0 amide bonds. The monoisotopic (exact) mass is 306 g/mol. The van der Waals surface area contributed by atoms with Crippen molar-refractivity contribution in [2.75, 3.05) is 0 Å². The lowest BCUT2D eigenvalue weighted by Gasteiger charge is -2.18. The van der Waals surface area contributed by atoms with Gasteiger partial charge in [-0.2, -0.15) is 0 Å². The molecule has 76 valence electrons. The van der Waals surface area contributed by atoms with E-state index in [-0.39, 0.29) is 11.7 Å². The van der Waals surface area contributed by atoms with Gasteiger partial charge in [0.2, 0.25) is 0 Å². The van der Waals surface area contributed by atoms with Gasteiger partial charge in [0.05, 0.1) is 6.10 Å². The molecule has 1 N–H and O–H groups in total. The fraction of sp³-hybridized carbons (Fsp3) is 0.455. The van der Waals surface area contributed by atoms with Crippen molar-refractivity contribution in [1.29, 1.82) is 0 Å². The van der Waals surface area contributed by atoms with Gasteiger partial charge in [-0.1, -0.05) is 41.6 Å². The predicted octanol–water partition coefficient (Wildman–Crippen LogP) is 2.65. The summed E-state index contributed by atoms with van der Waals surface area (Å²) in [4.78, 5) is 0. The number of aliphatic hydroxyl groups excluding tert-OH is 1. The molecule has 0 radical (unpaired) electrons. The average Bonchev–Trinajstić information content (AvgIpc) is 2.42. The van der Waals surface area contributed by atoms with E-state index in [0.717, 1.165) is 5.56 Å². The zero-order valence-electron chi connectivity index (χ0n) is 7.87. The summed E-state index contributed by atoms with van der Waals surface area (Å²) >= 11 is 2.29. The Hall–Kier alpha value is -0.160. The van der Waals surface area contributed by atoms with Gasteiger partial charge >= 0.3 is 0 Å². The van der Waals surface area contributed by atoms with E-state index in [9.17, 15) is 9.50 Å². The van der Waals surface area contributed by atoms with E-state index in [1.165, 1.54) is 6.07 Å². The number of hydrogen-bond acceptors (Lipinski definition) is 1. The molecular weight excluding hydrogens is 294 g/mol. The van der Waals surface area contributed by atoms with Crippen molar-refractivity contribution < 1.29 is 9.50 Å². The Kier molecular flexibility index (Phi) is 2.79. The maximum atomic E-state index is 13.4. The van der Waals surface area contributed by atoms with Crippen LogP contribution in [0.2, 0.25) is 0 Å². The highest BCUT2D eigenvalue weighted by atomic mass is 127. The van der Waals surface area contributed by atoms with Crippen LogP contribution in [0.4, 0.5) is 4.39 Å². The summed E-state index contributed by atoms with van der Waals surface area (Å²) in [6.45, 7) is 2.05. The van der Waals surface area contributed by atoms with Crippen LogP contribution in [-0.2, 0) is 6.42 Å². The topological polar surface area (TPSA) is 20.2 Å². The third-order valence-corrected chi connectivity index (χ3v) is 3.61. The fourth-order valence-electron chi connectivity index (χ4n) is 2.20. The van der Waals surface area contributed by atoms with Gasteiger partial charge < -0.3 is 5.11 Å². The van der Waals surface area contributed by atoms with Crippen LogP contribution in [0.15, 0.2) is 18.2 Å². The smallest absolute Gasteiger partial charge is 0.126 e. The van der Waals surface area contributed by atoms with Crippen molar-refractivity contribution >= 4 is 22.6 Å². The summed E-state index contributed by atoms with van der Waals surface area (Å²) in [7, 11) is 0. The van der Waals surface area contributed by atoms with E-state index in [2.05, 4.69) is 29.5 Å². The van der Waals surface area contributed by atoms with E-state index in [4.69, 9.17) is 0 Å². The summed E-state index contributed by atoms with van der Waals surface area (Å²) in [5, 5.41) is 9.83. The average molecular weight is 306 g/mol. The normalized spacial score (nSPS) is 27.4. The van der Waals surface area contributed by atoms with Crippen LogP contribution >= 0.6 is 22.6 Å². The molecule has 1 aliphatic rings. The van der Waals surface area contributed by atoms with Crippen LogP contribution < -0.4 is 0 Å². The molecule has 3 atom stereocenters. The molecule has 0 bridgehead atoms. The van der Waals surface area contributed by atoms with E-state index in [1.807, 2.05) is 6.07 Å². The molecule has 0 heterocycles. The Morgan fingerprint density at radius 1 is 1.57 bits per heavy atom. The van der Waals surface area contributed by atoms with E-state index in [1.54, 1.807) is 6.07 Å². The van der Waals surface area contributed by atoms with E-state index < -0.39 is 6.10 Å². The molecule has 0 spiro atoms. The van der Waals surface area contributed by atoms with Crippen LogP contribution in [-0.4, -0.2) is 15.1 Å². The molecular formula is C11H12FIO. The first-order chi connectivity index (χ1) is 6.61. The third kappa shape index (κ3) is 1.56. The van der Waals surface area contributed by atoms with Crippen molar-refractivity contribution in [1.82, 2.24) is 0 Å². The fourth-order valence-corrected chi connectivity index (χ4v) is 3.07. The first kappa shape index (κ1) is 10.4. The highest BCUT2D eigenvalue weighted by Gasteiger charge is 2.35. The number of halogens is 2. The summed E-state index contributed by atoms with van der Waals surface area (Å²) in [5.74, 6) is -0.0950. The molecule has 0 aromatic heterocycles. The van der Waals surface area contributed by atoms with Gasteiger partial charge in [-0.05, 0) is 17.2 Å². The lowest BCUT2D eigenvalue weighted by Crippen LogP contribution is -2.19. The predicted molar refractivity (Wildman–Crippen MR) is 62.3 cm³/mol. The number of rotatable bonds is 1. The van der Waals surface area contributed by atoms with Gasteiger partial charge in [-0.3, -0.25) is 0 Å². The van der Waals surface area contributed by atoms with Crippen LogP contribution in [0.5, 0.6) is 0 Å². The largest absolute Gasteiger partial charge is 0.392 e. The van der Waals surface area contributed by atoms with Gasteiger partial charge in [0.1, 0.15) is 5.82 Å². The minimum absolute atomic E-state index is 0.0845. The Labute approximate surface area is 96.5 Å². The van der Waals surface area contributed by atoms with Crippen LogP contribution in [0.3, 0.4) is 0 Å². The van der Waals surface area contributed by atoms with Crippen molar-refractivity contribution in [3.63, 3.8) is 0 Å². The maximum absolute atomic E-state index is 13.4. The first-order valence-electron chi connectivity index (χ1n) is 4.70.